The van der Waals surface area contributed by atoms with Crippen LogP contribution in [0.3, 0.4) is 0 Å². The number of hydrogen-bond donors (Lipinski definition) is 1. The average molecular weight is 274 g/mol. The van der Waals surface area contributed by atoms with Crippen molar-refractivity contribution < 1.29 is 9.53 Å². The Bertz CT molecular complexity index is 490. The first-order valence-electron chi connectivity index (χ1n) is 6.65. The van der Waals surface area contributed by atoms with Crippen molar-refractivity contribution in [3.05, 3.63) is 24.0 Å². The molecule has 0 aliphatic rings. The van der Waals surface area contributed by atoms with Gasteiger partial charge >= 0.3 is 0 Å². The van der Waals surface area contributed by atoms with Gasteiger partial charge in [0.25, 0.3) is 0 Å². The van der Waals surface area contributed by atoms with Gasteiger partial charge in [0.1, 0.15) is 12.4 Å². The predicted octanol–water partition coefficient (Wildman–Crippen LogP) is 2.32. The molecule has 1 aromatic rings. The van der Waals surface area contributed by atoms with Crippen LogP contribution in [0.5, 0.6) is 5.75 Å². The molecule has 0 saturated heterocycles. The van der Waals surface area contributed by atoms with Gasteiger partial charge in [0.15, 0.2) is 0 Å². The van der Waals surface area contributed by atoms with Crippen molar-refractivity contribution in [2.24, 2.45) is 5.41 Å². The fourth-order valence-corrected chi connectivity index (χ4v) is 1.46. The largest absolute Gasteiger partial charge is 0.479 e. The Balaban J connectivity index is 2.20. The van der Waals surface area contributed by atoms with Crippen LogP contribution in [0.1, 0.15) is 32.9 Å². The highest BCUT2D eigenvalue weighted by Crippen LogP contribution is 2.17. The van der Waals surface area contributed by atoms with Crippen molar-refractivity contribution in [2.75, 3.05) is 13.2 Å². The molecule has 0 unspecified atom stereocenters. The molecule has 1 heterocycles. The van der Waals surface area contributed by atoms with Crippen LogP contribution in [0.4, 0.5) is 0 Å². The molecule has 1 rings (SSSR count). The maximum absolute atomic E-state index is 11.5. The number of aromatic nitrogens is 1. The van der Waals surface area contributed by atoms with Crippen LogP contribution >= 0.6 is 0 Å². The van der Waals surface area contributed by atoms with E-state index in [0.29, 0.717) is 25.3 Å². The fourth-order valence-electron chi connectivity index (χ4n) is 1.46. The van der Waals surface area contributed by atoms with Crippen LogP contribution in [0, 0.1) is 24.2 Å². The minimum absolute atomic E-state index is 0.000929. The Hall–Kier alpha value is -2.02. The van der Waals surface area contributed by atoms with E-state index in [9.17, 15) is 4.79 Å². The molecular weight excluding hydrogens is 252 g/mol. The highest BCUT2D eigenvalue weighted by Gasteiger charge is 2.14. The standard InChI is InChI=1S/C16H22N2O2/c1-13-7-8-14(12-18-13)20-10-6-5-9-17-15(19)11-16(2,3)4/h7-8,12H,9-11H2,1-4H3,(H,17,19). The Morgan fingerprint density at radius 2 is 2.10 bits per heavy atom. The third-order valence-electron chi connectivity index (χ3n) is 2.39. The van der Waals surface area contributed by atoms with Gasteiger partial charge in [-0.3, -0.25) is 9.78 Å². The van der Waals surface area contributed by atoms with Gasteiger partial charge in [-0.15, -0.1) is 0 Å². The number of pyridine rings is 1. The summed E-state index contributed by atoms with van der Waals surface area (Å²) in [6.07, 6.45) is 2.17. The van der Waals surface area contributed by atoms with Gasteiger partial charge in [-0.25, -0.2) is 0 Å². The van der Waals surface area contributed by atoms with Gasteiger partial charge in [0.2, 0.25) is 5.91 Å². The van der Waals surface area contributed by atoms with E-state index >= 15 is 0 Å². The minimum Gasteiger partial charge on any atom is -0.479 e. The van der Waals surface area contributed by atoms with Crippen molar-refractivity contribution in [1.29, 1.82) is 0 Å². The third kappa shape index (κ3) is 7.42. The molecule has 0 radical (unpaired) electrons. The number of hydrogen-bond acceptors (Lipinski definition) is 3. The van der Waals surface area contributed by atoms with E-state index in [1.54, 1.807) is 6.20 Å². The molecule has 0 aromatic carbocycles. The van der Waals surface area contributed by atoms with E-state index in [-0.39, 0.29) is 11.3 Å². The maximum Gasteiger partial charge on any atom is 0.221 e. The molecule has 4 heteroatoms. The molecule has 0 aliphatic heterocycles. The smallest absolute Gasteiger partial charge is 0.221 e. The lowest BCUT2D eigenvalue weighted by Crippen LogP contribution is -2.27. The Labute approximate surface area is 120 Å². The second-order valence-electron chi connectivity index (χ2n) is 5.79. The zero-order valence-corrected chi connectivity index (χ0v) is 12.6. The Kier molecular flexibility index (Phi) is 6.05. The lowest BCUT2D eigenvalue weighted by molar-refractivity contribution is -0.122. The molecule has 0 fully saturated rings. The average Bonchev–Trinajstić information content (AvgIpc) is 2.33. The van der Waals surface area contributed by atoms with Crippen LogP contribution < -0.4 is 10.1 Å². The number of rotatable bonds is 4. The van der Waals surface area contributed by atoms with Crippen molar-refractivity contribution in [1.82, 2.24) is 10.3 Å². The SMILES string of the molecule is Cc1ccc(OCC#CCNC(=O)CC(C)(C)C)cn1. The normalized spacial score (nSPS) is 10.4. The number of carbonyl (C=O) groups excluding carboxylic acids is 1. The van der Waals surface area contributed by atoms with Crippen LogP contribution in [0.15, 0.2) is 18.3 Å². The quantitative estimate of drug-likeness (QED) is 0.857. The van der Waals surface area contributed by atoms with Gasteiger partial charge in [-0.05, 0) is 24.5 Å². The van der Waals surface area contributed by atoms with E-state index < -0.39 is 0 Å². The van der Waals surface area contributed by atoms with Gasteiger partial charge in [0, 0.05) is 12.1 Å². The summed E-state index contributed by atoms with van der Waals surface area (Å²) >= 11 is 0. The summed E-state index contributed by atoms with van der Waals surface area (Å²) in [5.74, 6) is 6.43. The first-order chi connectivity index (χ1) is 9.37. The topological polar surface area (TPSA) is 51.2 Å². The number of ether oxygens (including phenoxy) is 1. The summed E-state index contributed by atoms with van der Waals surface area (Å²) in [4.78, 5) is 15.6. The molecule has 0 atom stereocenters. The van der Waals surface area contributed by atoms with Crippen molar-refractivity contribution in [3.63, 3.8) is 0 Å². The van der Waals surface area contributed by atoms with Gasteiger partial charge < -0.3 is 10.1 Å². The Morgan fingerprint density at radius 1 is 1.35 bits per heavy atom. The molecule has 0 aliphatic carbocycles. The summed E-state index contributed by atoms with van der Waals surface area (Å²) in [5, 5.41) is 2.76. The van der Waals surface area contributed by atoms with Gasteiger partial charge in [-0.2, -0.15) is 0 Å². The fraction of sp³-hybridized carbons (Fsp3) is 0.500. The third-order valence-corrected chi connectivity index (χ3v) is 2.39. The summed E-state index contributed by atoms with van der Waals surface area (Å²) in [5.41, 5.74) is 0.948. The van der Waals surface area contributed by atoms with E-state index in [4.69, 9.17) is 4.74 Å². The summed E-state index contributed by atoms with van der Waals surface area (Å²) < 4.78 is 5.40. The highest BCUT2D eigenvalue weighted by molar-refractivity contribution is 5.76. The molecule has 4 nitrogen and oxygen atoms in total. The van der Waals surface area contributed by atoms with Crippen molar-refractivity contribution in [2.45, 2.75) is 34.1 Å². The highest BCUT2D eigenvalue weighted by atomic mass is 16.5. The monoisotopic (exact) mass is 274 g/mol. The van der Waals surface area contributed by atoms with E-state index in [0.717, 1.165) is 5.69 Å². The van der Waals surface area contributed by atoms with Crippen LogP contribution in [-0.4, -0.2) is 24.0 Å². The second kappa shape index (κ2) is 7.54. The molecule has 108 valence electrons. The zero-order valence-electron chi connectivity index (χ0n) is 12.6. The molecule has 20 heavy (non-hydrogen) atoms. The Morgan fingerprint density at radius 3 is 2.70 bits per heavy atom. The molecule has 1 N–H and O–H groups in total. The number of nitrogens with one attached hydrogen (secondary N) is 1. The number of aryl methyl sites for hydroxylation is 1. The number of amides is 1. The number of nitrogens with zero attached hydrogens (tertiary/aromatic N) is 1. The molecular formula is C16H22N2O2. The molecule has 1 aromatic heterocycles. The first kappa shape index (κ1) is 16.0. The van der Waals surface area contributed by atoms with E-state index in [2.05, 4.69) is 22.1 Å². The summed E-state index contributed by atoms with van der Waals surface area (Å²) in [7, 11) is 0. The van der Waals surface area contributed by atoms with Crippen LogP contribution in [0.25, 0.3) is 0 Å². The zero-order chi connectivity index (χ0) is 15.0. The molecule has 0 spiro atoms. The van der Waals surface area contributed by atoms with Gasteiger partial charge in [-0.1, -0.05) is 32.6 Å². The first-order valence-corrected chi connectivity index (χ1v) is 6.65. The minimum atomic E-state index is -0.000929. The van der Waals surface area contributed by atoms with Crippen molar-refractivity contribution in [3.8, 4) is 17.6 Å². The lowest BCUT2D eigenvalue weighted by atomic mass is 9.92. The molecule has 0 saturated carbocycles. The summed E-state index contributed by atoms with van der Waals surface area (Å²) in [6, 6.07) is 3.74. The lowest BCUT2D eigenvalue weighted by Gasteiger charge is -2.16. The molecule has 1 amide bonds. The van der Waals surface area contributed by atoms with E-state index in [1.165, 1.54) is 0 Å². The second-order valence-corrected chi connectivity index (χ2v) is 5.79. The molecule has 0 bridgehead atoms. The maximum atomic E-state index is 11.5. The summed E-state index contributed by atoms with van der Waals surface area (Å²) in [6.45, 7) is 8.65. The van der Waals surface area contributed by atoms with Crippen molar-refractivity contribution >= 4 is 5.91 Å². The number of carbonyl (C=O) groups is 1. The predicted molar refractivity (Wildman–Crippen MR) is 79.3 cm³/mol. The van der Waals surface area contributed by atoms with E-state index in [1.807, 2.05) is 39.8 Å². The van der Waals surface area contributed by atoms with Crippen LogP contribution in [0.2, 0.25) is 0 Å². The van der Waals surface area contributed by atoms with Crippen LogP contribution in [-0.2, 0) is 4.79 Å². The van der Waals surface area contributed by atoms with Gasteiger partial charge in [0.05, 0.1) is 12.7 Å².